The summed E-state index contributed by atoms with van der Waals surface area (Å²) in [5.41, 5.74) is 5.69. The molecule has 112 valence electrons. The quantitative estimate of drug-likeness (QED) is 0.816. The first-order valence-electron chi connectivity index (χ1n) is 7.58. The van der Waals surface area contributed by atoms with Crippen LogP contribution in [-0.2, 0) is 0 Å². The number of urea groups is 1. The van der Waals surface area contributed by atoms with E-state index in [4.69, 9.17) is 5.73 Å². The predicted molar refractivity (Wildman–Crippen MR) is 79.2 cm³/mol. The van der Waals surface area contributed by atoms with Gasteiger partial charge in [-0.15, -0.1) is 0 Å². The van der Waals surface area contributed by atoms with Gasteiger partial charge in [0.2, 0.25) is 0 Å². The van der Waals surface area contributed by atoms with Crippen molar-refractivity contribution < 1.29 is 4.79 Å². The lowest BCUT2D eigenvalue weighted by Crippen LogP contribution is -2.44. The van der Waals surface area contributed by atoms with Crippen LogP contribution < -0.4 is 5.73 Å². The van der Waals surface area contributed by atoms with Gasteiger partial charge in [-0.05, 0) is 32.7 Å². The zero-order chi connectivity index (χ0) is 14.3. The first-order valence-corrected chi connectivity index (χ1v) is 7.58. The van der Waals surface area contributed by atoms with Gasteiger partial charge in [0.1, 0.15) is 0 Å². The molecule has 0 aromatic heterocycles. The molecule has 0 aromatic carbocycles. The van der Waals surface area contributed by atoms with Crippen LogP contribution in [0.5, 0.6) is 0 Å². The maximum absolute atomic E-state index is 12.2. The summed E-state index contributed by atoms with van der Waals surface area (Å²) in [5.74, 6) is 0. The monoisotopic (exact) mass is 270 g/mol. The molecule has 1 rings (SSSR count). The average Bonchev–Trinajstić information content (AvgIpc) is 2.68. The molecule has 0 spiro atoms. The third kappa shape index (κ3) is 4.66. The van der Waals surface area contributed by atoms with E-state index in [-0.39, 0.29) is 6.03 Å². The van der Waals surface area contributed by atoms with E-state index >= 15 is 0 Å². The fourth-order valence-corrected chi connectivity index (χ4v) is 2.71. The average molecular weight is 270 g/mol. The van der Waals surface area contributed by atoms with E-state index in [1.807, 2.05) is 18.9 Å². The van der Waals surface area contributed by atoms with E-state index in [0.29, 0.717) is 6.04 Å². The number of amides is 2. The summed E-state index contributed by atoms with van der Waals surface area (Å²) in [7, 11) is 1.87. The fourth-order valence-electron chi connectivity index (χ4n) is 2.71. The molecule has 0 saturated carbocycles. The topological polar surface area (TPSA) is 52.8 Å². The van der Waals surface area contributed by atoms with Crippen LogP contribution in [0.3, 0.4) is 0 Å². The molecule has 1 aliphatic heterocycles. The Hall–Kier alpha value is -0.810. The Bertz CT molecular complexity index is 272. The predicted octanol–water partition coefficient (Wildman–Crippen LogP) is 1.19. The molecule has 1 aliphatic rings. The highest BCUT2D eigenvalue weighted by Crippen LogP contribution is 2.13. The van der Waals surface area contributed by atoms with Crippen LogP contribution in [0.15, 0.2) is 0 Å². The third-order valence-electron chi connectivity index (χ3n) is 4.09. The van der Waals surface area contributed by atoms with Gasteiger partial charge in [0.25, 0.3) is 0 Å². The van der Waals surface area contributed by atoms with Crippen molar-refractivity contribution in [2.45, 2.75) is 39.2 Å². The molecule has 19 heavy (non-hydrogen) atoms. The first-order chi connectivity index (χ1) is 9.13. The van der Waals surface area contributed by atoms with Gasteiger partial charge in [-0.25, -0.2) is 4.79 Å². The standard InChI is InChI=1S/C14H30N4O/c1-4-13(7-8-15)17-9-6-10-18(12-11-17)14(19)16(3)5-2/h13H,4-12,15H2,1-3H3. The van der Waals surface area contributed by atoms with Crippen LogP contribution >= 0.6 is 0 Å². The minimum atomic E-state index is 0.163. The highest BCUT2D eigenvalue weighted by atomic mass is 16.2. The molecule has 1 heterocycles. The molecule has 0 radical (unpaired) electrons. The fraction of sp³-hybridized carbons (Fsp3) is 0.929. The summed E-state index contributed by atoms with van der Waals surface area (Å²) in [6.45, 7) is 9.51. The van der Waals surface area contributed by atoms with Crippen molar-refractivity contribution in [1.82, 2.24) is 14.7 Å². The molecule has 1 atom stereocenters. The molecule has 1 unspecified atom stereocenters. The second kappa shape index (κ2) is 8.38. The highest BCUT2D eigenvalue weighted by Gasteiger charge is 2.23. The van der Waals surface area contributed by atoms with Gasteiger partial charge in [-0.2, -0.15) is 0 Å². The Balaban J connectivity index is 2.53. The molecule has 1 saturated heterocycles. The van der Waals surface area contributed by atoms with Gasteiger partial charge >= 0.3 is 6.03 Å². The lowest BCUT2D eigenvalue weighted by molar-refractivity contribution is 0.159. The third-order valence-corrected chi connectivity index (χ3v) is 4.09. The molecule has 5 heteroatoms. The van der Waals surface area contributed by atoms with Crippen LogP contribution in [-0.4, -0.2) is 73.1 Å². The van der Waals surface area contributed by atoms with Crippen molar-refractivity contribution in [2.75, 3.05) is 46.3 Å². The van der Waals surface area contributed by atoms with Crippen molar-refractivity contribution >= 4 is 6.03 Å². The van der Waals surface area contributed by atoms with Crippen molar-refractivity contribution in [2.24, 2.45) is 5.73 Å². The smallest absolute Gasteiger partial charge is 0.319 e. The van der Waals surface area contributed by atoms with Crippen LogP contribution in [0.4, 0.5) is 4.79 Å². The van der Waals surface area contributed by atoms with Crippen molar-refractivity contribution in [3.63, 3.8) is 0 Å². The van der Waals surface area contributed by atoms with Crippen molar-refractivity contribution in [1.29, 1.82) is 0 Å². The number of carbonyl (C=O) groups excluding carboxylic acids is 1. The summed E-state index contributed by atoms with van der Waals surface area (Å²) in [6.07, 6.45) is 3.25. The minimum Gasteiger partial charge on any atom is -0.330 e. The van der Waals surface area contributed by atoms with E-state index in [9.17, 15) is 4.79 Å². The maximum atomic E-state index is 12.2. The van der Waals surface area contributed by atoms with Crippen molar-refractivity contribution in [3.8, 4) is 0 Å². The van der Waals surface area contributed by atoms with E-state index in [1.54, 1.807) is 4.90 Å². The summed E-state index contributed by atoms with van der Waals surface area (Å²) in [4.78, 5) is 18.4. The van der Waals surface area contributed by atoms with Gasteiger partial charge in [-0.3, -0.25) is 4.90 Å². The largest absolute Gasteiger partial charge is 0.330 e. The zero-order valence-electron chi connectivity index (χ0n) is 12.8. The number of hydrogen-bond acceptors (Lipinski definition) is 3. The Morgan fingerprint density at radius 2 is 2.00 bits per heavy atom. The SMILES string of the molecule is CCC(CCN)N1CCCN(C(=O)N(C)CC)CC1. The molecule has 2 amide bonds. The molecule has 1 fully saturated rings. The van der Waals surface area contributed by atoms with Crippen molar-refractivity contribution in [3.05, 3.63) is 0 Å². The van der Waals surface area contributed by atoms with Gasteiger partial charge in [0, 0.05) is 45.8 Å². The highest BCUT2D eigenvalue weighted by molar-refractivity contribution is 5.74. The Labute approximate surface area is 117 Å². The number of hydrogen-bond donors (Lipinski definition) is 1. The lowest BCUT2D eigenvalue weighted by Gasteiger charge is -2.30. The Morgan fingerprint density at radius 3 is 2.58 bits per heavy atom. The second-order valence-corrected chi connectivity index (χ2v) is 5.31. The Morgan fingerprint density at radius 1 is 1.26 bits per heavy atom. The summed E-state index contributed by atoms with van der Waals surface area (Å²) in [6, 6.07) is 0.736. The zero-order valence-corrected chi connectivity index (χ0v) is 12.8. The van der Waals surface area contributed by atoms with E-state index in [2.05, 4.69) is 11.8 Å². The summed E-state index contributed by atoms with van der Waals surface area (Å²) in [5, 5.41) is 0. The minimum absolute atomic E-state index is 0.163. The van der Waals surface area contributed by atoms with E-state index in [0.717, 1.165) is 58.5 Å². The molecule has 0 aromatic rings. The number of carbonyl (C=O) groups is 1. The van der Waals surface area contributed by atoms with Gasteiger partial charge < -0.3 is 15.5 Å². The number of rotatable bonds is 5. The normalized spacial score (nSPS) is 19.1. The Kier molecular flexibility index (Phi) is 7.16. The number of nitrogens with two attached hydrogens (primary N) is 1. The van der Waals surface area contributed by atoms with E-state index in [1.165, 1.54) is 0 Å². The molecular weight excluding hydrogens is 240 g/mol. The molecule has 5 nitrogen and oxygen atoms in total. The molecular formula is C14H30N4O. The maximum Gasteiger partial charge on any atom is 0.319 e. The van der Waals surface area contributed by atoms with Crippen LogP contribution in [0.1, 0.15) is 33.1 Å². The van der Waals surface area contributed by atoms with Gasteiger partial charge in [0.15, 0.2) is 0 Å². The first kappa shape index (κ1) is 16.2. The summed E-state index contributed by atoms with van der Waals surface area (Å²) >= 11 is 0. The van der Waals surface area contributed by atoms with Gasteiger partial charge in [0.05, 0.1) is 0 Å². The number of nitrogens with zero attached hydrogens (tertiary/aromatic N) is 3. The lowest BCUT2D eigenvalue weighted by atomic mass is 10.1. The van der Waals surface area contributed by atoms with Crippen LogP contribution in [0.25, 0.3) is 0 Å². The molecule has 0 bridgehead atoms. The summed E-state index contributed by atoms with van der Waals surface area (Å²) < 4.78 is 0. The van der Waals surface area contributed by atoms with Crippen LogP contribution in [0.2, 0.25) is 0 Å². The molecule has 0 aliphatic carbocycles. The molecule has 2 N–H and O–H groups in total. The van der Waals surface area contributed by atoms with E-state index < -0.39 is 0 Å². The van der Waals surface area contributed by atoms with Gasteiger partial charge in [-0.1, -0.05) is 6.92 Å². The second-order valence-electron chi connectivity index (χ2n) is 5.31. The van der Waals surface area contributed by atoms with Crippen LogP contribution in [0, 0.1) is 0 Å².